The number of benzene rings is 1. The number of nitrogens with zero attached hydrogens (tertiary/aromatic N) is 3. The third kappa shape index (κ3) is 4.71. The van der Waals surface area contributed by atoms with Crippen molar-refractivity contribution in [2.24, 2.45) is 4.99 Å². The number of ether oxygens (including phenoxy) is 2. The summed E-state index contributed by atoms with van der Waals surface area (Å²) in [7, 11) is 3.13. The lowest BCUT2D eigenvalue weighted by atomic mass is 9.93. The molecule has 0 aliphatic carbocycles. The van der Waals surface area contributed by atoms with Crippen molar-refractivity contribution >= 4 is 55.2 Å². The number of amides is 1. The second-order valence-corrected chi connectivity index (χ2v) is 10.5. The zero-order valence-corrected chi connectivity index (χ0v) is 24.4. The van der Waals surface area contributed by atoms with E-state index in [0.717, 1.165) is 4.47 Å². The van der Waals surface area contributed by atoms with E-state index in [1.807, 2.05) is 13.8 Å². The Kier molecular flexibility index (Phi) is 7.91. The molecule has 2 aromatic heterocycles. The molecule has 3 heterocycles. The van der Waals surface area contributed by atoms with Gasteiger partial charge in [0.2, 0.25) is 0 Å². The van der Waals surface area contributed by atoms with Gasteiger partial charge in [-0.05, 0) is 76.9 Å². The van der Waals surface area contributed by atoms with E-state index < -0.39 is 6.04 Å². The number of thiazole rings is 1. The van der Waals surface area contributed by atoms with Crippen LogP contribution in [0, 0.1) is 0 Å². The molecule has 0 radical (unpaired) electrons. The Balaban J connectivity index is 2.03. The lowest BCUT2D eigenvalue weighted by Crippen LogP contribution is -2.43. The van der Waals surface area contributed by atoms with Gasteiger partial charge in [-0.25, -0.2) is 4.99 Å². The Labute approximate surface area is 228 Å². The normalized spacial score (nSPS) is 15.5. The number of carbonyl (C=O) groups is 1. The maximum absolute atomic E-state index is 13.8. The average Bonchev–Trinajstić information content (AvgIpc) is 3.35. The Morgan fingerprint density at radius 3 is 2.53 bits per heavy atom. The fourth-order valence-corrected chi connectivity index (χ4v) is 5.82. The summed E-state index contributed by atoms with van der Waals surface area (Å²) >= 11 is 7.96. The fraction of sp³-hybridized carbons (Fsp3) is 0.320. The van der Waals surface area contributed by atoms with E-state index in [1.165, 1.54) is 11.3 Å². The number of halogens is 2. The molecule has 1 amide bonds. The summed E-state index contributed by atoms with van der Waals surface area (Å²) in [6, 6.07) is 6.37. The minimum atomic E-state index is -0.753. The molecule has 1 aliphatic heterocycles. The molecule has 1 aromatic carbocycles. The number of methoxy groups -OCH3 is 2. The molecule has 4 rings (SSSR count). The van der Waals surface area contributed by atoms with E-state index in [0.29, 0.717) is 61.2 Å². The van der Waals surface area contributed by atoms with E-state index in [2.05, 4.69) is 31.9 Å². The van der Waals surface area contributed by atoms with Crippen molar-refractivity contribution in [3.05, 3.63) is 75.7 Å². The zero-order valence-electron chi connectivity index (χ0n) is 20.4. The third-order valence-corrected chi connectivity index (χ3v) is 8.66. The average molecular weight is 639 g/mol. The van der Waals surface area contributed by atoms with Gasteiger partial charge in [0.25, 0.3) is 11.5 Å². The van der Waals surface area contributed by atoms with Gasteiger partial charge >= 0.3 is 0 Å². The quantitative estimate of drug-likeness (QED) is 0.387. The molecule has 8 nitrogen and oxygen atoms in total. The summed E-state index contributed by atoms with van der Waals surface area (Å²) in [5.74, 6) is 1.45. The minimum absolute atomic E-state index is 0.177. The van der Waals surface area contributed by atoms with Crippen LogP contribution < -0.4 is 24.4 Å². The summed E-state index contributed by atoms with van der Waals surface area (Å²) in [6.07, 6.45) is 1.67. The van der Waals surface area contributed by atoms with Crippen molar-refractivity contribution in [1.82, 2.24) is 9.47 Å². The lowest BCUT2D eigenvalue weighted by Gasteiger charge is -2.30. The van der Waals surface area contributed by atoms with Crippen LogP contribution in [-0.4, -0.2) is 42.7 Å². The third-order valence-electron chi connectivity index (χ3n) is 5.97. The van der Waals surface area contributed by atoms with E-state index in [4.69, 9.17) is 18.9 Å². The van der Waals surface area contributed by atoms with E-state index in [1.54, 1.807) is 61.0 Å². The van der Waals surface area contributed by atoms with Crippen molar-refractivity contribution in [1.29, 1.82) is 0 Å². The van der Waals surface area contributed by atoms with Gasteiger partial charge in [0.1, 0.15) is 23.3 Å². The zero-order chi connectivity index (χ0) is 26.1. The van der Waals surface area contributed by atoms with Crippen LogP contribution in [0.25, 0.3) is 6.08 Å². The highest BCUT2D eigenvalue weighted by molar-refractivity contribution is 9.13. The molecular weight excluding hydrogens is 614 g/mol. The number of carbonyl (C=O) groups excluding carboxylic acids is 1. The predicted molar refractivity (Wildman–Crippen MR) is 145 cm³/mol. The predicted octanol–water partition coefficient (Wildman–Crippen LogP) is 4.24. The highest BCUT2D eigenvalue weighted by Crippen LogP contribution is 2.38. The first-order valence-corrected chi connectivity index (χ1v) is 13.6. The molecule has 36 heavy (non-hydrogen) atoms. The van der Waals surface area contributed by atoms with Crippen LogP contribution in [0.15, 0.2) is 58.9 Å². The smallest absolute Gasteiger partial charge is 0.271 e. The molecule has 0 saturated carbocycles. The number of rotatable bonds is 7. The first-order valence-electron chi connectivity index (χ1n) is 11.2. The Hall–Kier alpha value is -2.63. The van der Waals surface area contributed by atoms with Gasteiger partial charge in [-0.3, -0.25) is 14.2 Å². The second-order valence-electron chi connectivity index (χ2n) is 7.94. The van der Waals surface area contributed by atoms with E-state index in [9.17, 15) is 9.59 Å². The number of hydrogen-bond donors (Lipinski definition) is 0. The fourth-order valence-electron chi connectivity index (χ4n) is 4.19. The van der Waals surface area contributed by atoms with Crippen molar-refractivity contribution in [3.8, 4) is 11.5 Å². The van der Waals surface area contributed by atoms with Crippen molar-refractivity contribution in [2.75, 3.05) is 27.3 Å². The van der Waals surface area contributed by atoms with Gasteiger partial charge in [0, 0.05) is 24.7 Å². The van der Waals surface area contributed by atoms with Gasteiger partial charge in [0.15, 0.2) is 9.47 Å². The molecule has 1 aliphatic rings. The molecule has 11 heteroatoms. The summed E-state index contributed by atoms with van der Waals surface area (Å²) in [5.41, 5.74) is 1.33. The first-order chi connectivity index (χ1) is 17.2. The van der Waals surface area contributed by atoms with E-state index >= 15 is 0 Å². The van der Waals surface area contributed by atoms with Crippen molar-refractivity contribution in [3.63, 3.8) is 0 Å². The molecule has 0 N–H and O–H groups in total. The molecule has 0 spiro atoms. The number of allylic oxidation sites excluding steroid dienone is 1. The van der Waals surface area contributed by atoms with Gasteiger partial charge < -0.3 is 18.8 Å². The molecule has 0 unspecified atom stereocenters. The monoisotopic (exact) mass is 637 g/mol. The van der Waals surface area contributed by atoms with Crippen molar-refractivity contribution < 1.29 is 18.7 Å². The van der Waals surface area contributed by atoms with Crippen LogP contribution in [0.4, 0.5) is 0 Å². The molecule has 190 valence electrons. The van der Waals surface area contributed by atoms with Crippen LogP contribution in [0.5, 0.6) is 11.5 Å². The molecule has 1 atom stereocenters. The summed E-state index contributed by atoms with van der Waals surface area (Å²) < 4.78 is 20.1. The molecular formula is C25H25Br2N3O5S. The largest absolute Gasteiger partial charge is 0.497 e. The van der Waals surface area contributed by atoms with Crippen LogP contribution in [0.1, 0.15) is 38.1 Å². The van der Waals surface area contributed by atoms with Crippen LogP contribution in [-0.2, 0) is 4.79 Å². The van der Waals surface area contributed by atoms with E-state index in [-0.39, 0.29) is 11.5 Å². The number of fused-ring (bicyclic) bond motifs is 1. The minimum Gasteiger partial charge on any atom is -0.497 e. The highest BCUT2D eigenvalue weighted by atomic mass is 79.9. The van der Waals surface area contributed by atoms with Gasteiger partial charge in [-0.2, -0.15) is 0 Å². The molecule has 3 aromatic rings. The lowest BCUT2D eigenvalue weighted by molar-refractivity contribution is -0.127. The maximum Gasteiger partial charge on any atom is 0.271 e. The maximum atomic E-state index is 13.8. The number of furan rings is 1. The van der Waals surface area contributed by atoms with Gasteiger partial charge in [0.05, 0.1) is 34.5 Å². The van der Waals surface area contributed by atoms with Gasteiger partial charge in [-0.1, -0.05) is 11.3 Å². The topological polar surface area (TPSA) is 86.3 Å². The number of hydrogen-bond acceptors (Lipinski definition) is 7. The summed E-state index contributed by atoms with van der Waals surface area (Å²) in [4.78, 5) is 34.5. The summed E-state index contributed by atoms with van der Waals surface area (Å²) in [5, 5.41) is 0. The SMILES string of the molecule is CCN(CC)C(=O)C1=C(C)N=c2s/c(=C/c3cc(Br)c(Br)o3)c(=O)n2[C@H]1c1cc(OC)ccc1OC. The second kappa shape index (κ2) is 10.8. The summed E-state index contributed by atoms with van der Waals surface area (Å²) in [6.45, 7) is 6.70. The Morgan fingerprint density at radius 1 is 1.22 bits per heavy atom. The van der Waals surface area contributed by atoms with Crippen LogP contribution in [0.2, 0.25) is 0 Å². The standard InChI is InChI=1S/C25H25Br2N3O5S/c1-6-29(7-2)24(32)20-13(3)28-25-30(21(20)16-10-14(33-4)8-9-18(16)34-5)23(31)19(36-25)12-15-11-17(26)22(27)35-15/h8-12,21H,6-7H2,1-5H3/b19-12+/t21-/m0/s1. The van der Waals surface area contributed by atoms with Gasteiger partial charge in [-0.15, -0.1) is 0 Å². The molecule has 0 bridgehead atoms. The first kappa shape index (κ1) is 26.4. The van der Waals surface area contributed by atoms with Crippen molar-refractivity contribution in [2.45, 2.75) is 26.8 Å². The molecule has 0 fully saturated rings. The van der Waals surface area contributed by atoms with Crippen LogP contribution in [0.3, 0.4) is 0 Å². The Bertz CT molecular complexity index is 1510. The number of likely N-dealkylation sites (N-methyl/N-ethyl adjacent to an activating group) is 1. The molecule has 0 saturated heterocycles. The highest BCUT2D eigenvalue weighted by Gasteiger charge is 2.36. The number of aromatic nitrogens is 1. The van der Waals surface area contributed by atoms with Crippen LogP contribution >= 0.6 is 43.2 Å². The Morgan fingerprint density at radius 2 is 1.94 bits per heavy atom.